The molecule has 0 saturated carbocycles. The van der Waals surface area contributed by atoms with Gasteiger partial charge in [-0.2, -0.15) is 0 Å². The van der Waals surface area contributed by atoms with Gasteiger partial charge in [-0.05, 0) is 55.8 Å². The summed E-state index contributed by atoms with van der Waals surface area (Å²) in [6, 6.07) is 20.8. The number of carbonyl (C=O) groups excluding carboxylic acids is 1. The van der Waals surface area contributed by atoms with E-state index in [1.165, 1.54) is 0 Å². The van der Waals surface area contributed by atoms with Gasteiger partial charge in [-0.1, -0.05) is 60.5 Å². The van der Waals surface area contributed by atoms with Crippen LogP contribution in [0.3, 0.4) is 0 Å². The first-order valence-electron chi connectivity index (χ1n) is 10.8. The lowest BCUT2D eigenvalue weighted by atomic mass is 10.1. The Kier molecular flexibility index (Phi) is 6.82. The van der Waals surface area contributed by atoms with Gasteiger partial charge in [-0.15, -0.1) is 0 Å². The minimum absolute atomic E-state index is 0.211. The lowest BCUT2D eigenvalue weighted by Crippen LogP contribution is -2.38. The van der Waals surface area contributed by atoms with Gasteiger partial charge in [0.2, 0.25) is 0 Å². The lowest BCUT2D eigenvalue weighted by Gasteiger charge is -2.31. The van der Waals surface area contributed by atoms with Crippen LogP contribution >= 0.6 is 23.2 Å². The van der Waals surface area contributed by atoms with Crippen molar-refractivity contribution in [3.8, 4) is 5.69 Å². The molecule has 0 N–H and O–H groups in total. The Morgan fingerprint density at radius 3 is 2.42 bits per heavy atom. The summed E-state index contributed by atoms with van der Waals surface area (Å²) in [4.78, 5) is 33.7. The van der Waals surface area contributed by atoms with E-state index >= 15 is 0 Å². The van der Waals surface area contributed by atoms with Crippen LogP contribution in [0.1, 0.15) is 42.5 Å². The molecule has 0 fully saturated rings. The van der Waals surface area contributed by atoms with E-state index in [2.05, 4.69) is 0 Å². The molecule has 4 aromatic rings. The fourth-order valence-corrected chi connectivity index (χ4v) is 4.48. The maximum Gasteiger partial charge on any atom is 0.266 e. The molecule has 0 aliphatic rings. The fraction of sp³-hybridized carbons (Fsp3) is 0.192. The standard InChI is InChI=1S/C26H23Cl2N3O2/c1-3-23(30(4-2)25(32)19-12-5-7-14-21(19)28)24-29-22-15-8-6-13-20(22)26(33)31(24)18-11-9-10-17(27)16-18/h5-16,23H,3-4H2,1-2H3. The molecule has 0 saturated heterocycles. The Morgan fingerprint density at radius 2 is 1.73 bits per heavy atom. The molecule has 7 heteroatoms. The van der Waals surface area contributed by atoms with Crippen molar-refractivity contribution in [2.24, 2.45) is 0 Å². The first-order chi connectivity index (χ1) is 16.0. The summed E-state index contributed by atoms with van der Waals surface area (Å²) in [5.74, 6) is 0.265. The largest absolute Gasteiger partial charge is 0.329 e. The smallest absolute Gasteiger partial charge is 0.266 e. The monoisotopic (exact) mass is 479 g/mol. The summed E-state index contributed by atoms with van der Waals surface area (Å²) < 4.78 is 1.56. The molecule has 0 radical (unpaired) electrons. The molecule has 4 rings (SSSR count). The van der Waals surface area contributed by atoms with Crippen LogP contribution in [0.4, 0.5) is 0 Å². The van der Waals surface area contributed by atoms with Crippen LogP contribution in [-0.2, 0) is 0 Å². The van der Waals surface area contributed by atoms with Crippen LogP contribution in [0.2, 0.25) is 10.0 Å². The molecule has 1 aromatic heterocycles. The van der Waals surface area contributed by atoms with Gasteiger partial charge < -0.3 is 4.90 Å². The maximum atomic E-state index is 13.6. The second kappa shape index (κ2) is 9.77. The Morgan fingerprint density at radius 1 is 1.00 bits per heavy atom. The minimum Gasteiger partial charge on any atom is -0.329 e. The summed E-state index contributed by atoms with van der Waals surface area (Å²) in [6.45, 7) is 4.29. The number of fused-ring (bicyclic) bond motifs is 1. The number of nitrogens with zero attached hydrogens (tertiary/aromatic N) is 3. The van der Waals surface area contributed by atoms with E-state index in [9.17, 15) is 9.59 Å². The van der Waals surface area contributed by atoms with Gasteiger partial charge in [0, 0.05) is 11.6 Å². The summed E-state index contributed by atoms with van der Waals surface area (Å²) in [5.41, 5.74) is 1.38. The molecule has 33 heavy (non-hydrogen) atoms. The van der Waals surface area contributed by atoms with Gasteiger partial charge in [0.1, 0.15) is 5.82 Å². The molecule has 0 bridgehead atoms. The Hall–Kier alpha value is -3.15. The van der Waals surface area contributed by atoms with Gasteiger partial charge in [0.15, 0.2) is 0 Å². The molecule has 0 spiro atoms. The third-order valence-corrected chi connectivity index (χ3v) is 6.20. The number of para-hydroxylation sites is 1. The van der Waals surface area contributed by atoms with Gasteiger partial charge in [0.25, 0.3) is 11.5 Å². The molecular formula is C26H23Cl2N3O2. The molecule has 1 unspecified atom stereocenters. The predicted octanol–water partition coefficient (Wildman–Crippen LogP) is 6.31. The summed E-state index contributed by atoms with van der Waals surface area (Å²) in [6.07, 6.45) is 0.551. The molecule has 168 valence electrons. The molecule has 3 aromatic carbocycles. The number of rotatable bonds is 6. The highest BCUT2D eigenvalue weighted by Crippen LogP contribution is 2.29. The zero-order valence-electron chi connectivity index (χ0n) is 18.3. The van der Waals surface area contributed by atoms with E-state index in [1.54, 1.807) is 64.1 Å². The molecule has 1 atom stereocenters. The molecular weight excluding hydrogens is 457 g/mol. The second-order valence-electron chi connectivity index (χ2n) is 7.60. The summed E-state index contributed by atoms with van der Waals surface area (Å²) in [5, 5.41) is 1.39. The first kappa shape index (κ1) is 23.0. The third kappa shape index (κ3) is 4.39. The van der Waals surface area contributed by atoms with Crippen molar-refractivity contribution < 1.29 is 4.79 Å². The van der Waals surface area contributed by atoms with Crippen molar-refractivity contribution >= 4 is 40.0 Å². The van der Waals surface area contributed by atoms with Gasteiger partial charge in [-0.3, -0.25) is 14.2 Å². The van der Waals surface area contributed by atoms with E-state index in [4.69, 9.17) is 28.2 Å². The van der Waals surface area contributed by atoms with E-state index in [0.29, 0.717) is 51.0 Å². The number of amides is 1. The second-order valence-corrected chi connectivity index (χ2v) is 8.45. The molecule has 1 amide bonds. The van der Waals surface area contributed by atoms with Crippen molar-refractivity contribution in [3.63, 3.8) is 0 Å². The Labute approximate surface area is 202 Å². The molecule has 5 nitrogen and oxygen atoms in total. The lowest BCUT2D eigenvalue weighted by molar-refractivity contribution is 0.0672. The van der Waals surface area contributed by atoms with Gasteiger partial charge in [-0.25, -0.2) is 4.98 Å². The SMILES string of the molecule is CCC(c1nc2ccccc2c(=O)n1-c1cccc(Cl)c1)N(CC)C(=O)c1ccccc1Cl. The van der Waals surface area contributed by atoms with E-state index in [1.807, 2.05) is 32.0 Å². The minimum atomic E-state index is -0.463. The van der Waals surface area contributed by atoms with E-state index in [-0.39, 0.29) is 11.5 Å². The number of halogens is 2. The average Bonchev–Trinajstić information content (AvgIpc) is 2.82. The van der Waals surface area contributed by atoms with Crippen molar-refractivity contribution in [1.82, 2.24) is 14.5 Å². The van der Waals surface area contributed by atoms with Crippen molar-refractivity contribution in [1.29, 1.82) is 0 Å². The fourth-order valence-electron chi connectivity index (χ4n) is 4.08. The Bertz CT molecular complexity index is 1380. The van der Waals surface area contributed by atoms with Gasteiger partial charge >= 0.3 is 0 Å². The topological polar surface area (TPSA) is 55.2 Å². The molecule has 0 aliphatic heterocycles. The quantitative estimate of drug-likeness (QED) is 0.325. The van der Waals surface area contributed by atoms with Crippen LogP contribution in [-0.4, -0.2) is 26.9 Å². The van der Waals surface area contributed by atoms with Crippen molar-refractivity contribution in [3.05, 3.63) is 105 Å². The van der Waals surface area contributed by atoms with Crippen LogP contribution in [0, 0.1) is 0 Å². The third-order valence-electron chi connectivity index (χ3n) is 5.63. The predicted molar refractivity (Wildman–Crippen MR) is 134 cm³/mol. The molecule has 1 heterocycles. The van der Waals surface area contributed by atoms with Gasteiger partial charge in [0.05, 0.1) is 33.2 Å². The average molecular weight is 480 g/mol. The normalized spacial score (nSPS) is 12.0. The van der Waals surface area contributed by atoms with E-state index in [0.717, 1.165) is 0 Å². The van der Waals surface area contributed by atoms with Crippen LogP contribution in [0.15, 0.2) is 77.6 Å². The zero-order chi connectivity index (χ0) is 23.5. The highest BCUT2D eigenvalue weighted by atomic mass is 35.5. The number of hydrogen-bond donors (Lipinski definition) is 0. The van der Waals surface area contributed by atoms with Crippen LogP contribution in [0.5, 0.6) is 0 Å². The highest BCUT2D eigenvalue weighted by molar-refractivity contribution is 6.33. The maximum absolute atomic E-state index is 13.6. The van der Waals surface area contributed by atoms with E-state index < -0.39 is 6.04 Å². The number of carbonyl (C=O) groups is 1. The summed E-state index contributed by atoms with van der Waals surface area (Å²) in [7, 11) is 0. The highest BCUT2D eigenvalue weighted by Gasteiger charge is 2.29. The number of aromatic nitrogens is 2. The summed E-state index contributed by atoms with van der Waals surface area (Å²) >= 11 is 12.6. The Balaban J connectivity index is 1.96. The number of benzene rings is 3. The first-order valence-corrected chi connectivity index (χ1v) is 11.5. The number of hydrogen-bond acceptors (Lipinski definition) is 3. The molecule has 0 aliphatic carbocycles. The van der Waals surface area contributed by atoms with Crippen molar-refractivity contribution in [2.75, 3.05) is 6.54 Å². The van der Waals surface area contributed by atoms with Crippen LogP contribution in [0.25, 0.3) is 16.6 Å². The van der Waals surface area contributed by atoms with Crippen molar-refractivity contribution in [2.45, 2.75) is 26.3 Å². The van der Waals surface area contributed by atoms with Crippen LogP contribution < -0.4 is 5.56 Å². The zero-order valence-corrected chi connectivity index (χ0v) is 19.8.